The van der Waals surface area contributed by atoms with E-state index in [0.29, 0.717) is 61.3 Å². The summed E-state index contributed by atoms with van der Waals surface area (Å²) in [7, 11) is 0. The molecule has 12 heteroatoms. The second kappa shape index (κ2) is 8.84. The summed E-state index contributed by atoms with van der Waals surface area (Å²) >= 11 is 1.71. The van der Waals surface area contributed by atoms with Crippen LogP contribution in [0.5, 0.6) is 5.75 Å². The largest absolute Gasteiger partial charge is 0.501 e. The molecule has 1 spiro atoms. The van der Waals surface area contributed by atoms with E-state index in [1.165, 1.54) is 33.8 Å². The molecule has 0 saturated carbocycles. The summed E-state index contributed by atoms with van der Waals surface area (Å²) in [4.78, 5) is 34.5. The van der Waals surface area contributed by atoms with Crippen molar-refractivity contribution in [3.8, 4) is 11.4 Å². The van der Waals surface area contributed by atoms with E-state index < -0.39 is 27.8 Å². The van der Waals surface area contributed by atoms with Crippen LogP contribution in [0.25, 0.3) is 5.69 Å². The zero-order valence-electron chi connectivity index (χ0n) is 18.5. The van der Waals surface area contributed by atoms with Gasteiger partial charge in [0, 0.05) is 32.1 Å². The molecular formula is C22H23FN6O4S. The summed E-state index contributed by atoms with van der Waals surface area (Å²) in [6, 6.07) is 4.12. The molecule has 5 rings (SSSR count). The van der Waals surface area contributed by atoms with E-state index in [1.807, 2.05) is 0 Å². The first kappa shape index (κ1) is 22.5. The van der Waals surface area contributed by atoms with Gasteiger partial charge in [0.05, 0.1) is 10.4 Å². The lowest BCUT2D eigenvalue weighted by Gasteiger charge is -2.40. The van der Waals surface area contributed by atoms with Crippen molar-refractivity contribution in [2.24, 2.45) is 0 Å². The van der Waals surface area contributed by atoms with Crippen molar-refractivity contribution in [1.29, 1.82) is 0 Å². The fourth-order valence-electron chi connectivity index (χ4n) is 4.40. The summed E-state index contributed by atoms with van der Waals surface area (Å²) < 4.78 is 21.9. The average Bonchev–Trinajstić information content (AvgIpc) is 3.27. The van der Waals surface area contributed by atoms with E-state index in [2.05, 4.69) is 20.4 Å². The van der Waals surface area contributed by atoms with E-state index in [-0.39, 0.29) is 12.2 Å². The minimum Gasteiger partial charge on any atom is -0.501 e. The lowest BCUT2D eigenvalue weighted by atomic mass is 9.97. The highest BCUT2D eigenvalue weighted by atomic mass is 32.2. The summed E-state index contributed by atoms with van der Waals surface area (Å²) in [5, 5.41) is 17.3. The normalized spacial score (nSPS) is 16.9. The number of halogens is 1. The Balaban J connectivity index is 1.46. The Morgan fingerprint density at radius 1 is 1.35 bits per heavy atom. The molecule has 10 nitrogen and oxygen atoms in total. The number of aryl methyl sites for hydroxylation is 1. The molecule has 34 heavy (non-hydrogen) atoms. The van der Waals surface area contributed by atoms with Gasteiger partial charge in [-0.25, -0.2) is 19.0 Å². The molecule has 0 bridgehead atoms. The van der Waals surface area contributed by atoms with Crippen molar-refractivity contribution < 1.29 is 19.0 Å². The van der Waals surface area contributed by atoms with Gasteiger partial charge in [0.1, 0.15) is 23.8 Å². The van der Waals surface area contributed by atoms with E-state index in [1.54, 1.807) is 18.7 Å². The highest BCUT2D eigenvalue weighted by Gasteiger charge is 2.42. The first-order chi connectivity index (χ1) is 16.4. The molecule has 178 valence electrons. The summed E-state index contributed by atoms with van der Waals surface area (Å²) in [6.45, 7) is 3.23. The minimum absolute atomic E-state index is 0.00101. The van der Waals surface area contributed by atoms with Crippen molar-refractivity contribution in [2.75, 3.05) is 19.0 Å². The maximum atomic E-state index is 13.9. The van der Waals surface area contributed by atoms with E-state index in [4.69, 9.17) is 4.74 Å². The number of carbonyl (C=O) groups is 1. The standard InChI is InChI=1S/C22H23FN6O4S/c1-13-25-12-26-29(13)16-10-15(23)3-2-14(16)11-24-19(31)17-18(30)20(32)28-6-9-34-22(21(28)27-17)4-7-33-8-5-22/h2-3,10,12,30H,4-9,11H2,1H3,(H,24,31). The van der Waals surface area contributed by atoms with Gasteiger partial charge in [-0.1, -0.05) is 6.07 Å². The van der Waals surface area contributed by atoms with Crippen LogP contribution in [-0.2, 0) is 22.6 Å². The van der Waals surface area contributed by atoms with Gasteiger partial charge in [0.2, 0.25) is 5.75 Å². The smallest absolute Gasteiger partial charge is 0.296 e. The van der Waals surface area contributed by atoms with Crippen LogP contribution in [0.3, 0.4) is 0 Å². The average molecular weight is 487 g/mol. The number of fused-ring (bicyclic) bond motifs is 2. The number of nitrogens with zero attached hydrogens (tertiary/aromatic N) is 5. The van der Waals surface area contributed by atoms with Crippen LogP contribution < -0.4 is 10.9 Å². The number of hydrogen-bond donors (Lipinski definition) is 2. The van der Waals surface area contributed by atoms with Crippen molar-refractivity contribution in [2.45, 2.75) is 37.6 Å². The second-order valence-electron chi connectivity index (χ2n) is 8.22. The van der Waals surface area contributed by atoms with Crippen LogP contribution in [-0.4, -0.2) is 54.3 Å². The SMILES string of the molecule is Cc1ncnn1-c1cc(F)ccc1CNC(=O)c1nc2n(c(=O)c1O)CCSC21CCOCC1. The molecule has 0 aliphatic carbocycles. The third-order valence-electron chi connectivity index (χ3n) is 6.19. The van der Waals surface area contributed by atoms with Crippen LogP contribution >= 0.6 is 11.8 Å². The van der Waals surface area contributed by atoms with Crippen molar-refractivity contribution in [3.63, 3.8) is 0 Å². The molecule has 2 aliphatic heterocycles. The third-order valence-corrected chi connectivity index (χ3v) is 7.72. The topological polar surface area (TPSA) is 124 Å². The Kier molecular flexibility index (Phi) is 5.86. The Morgan fingerprint density at radius 3 is 2.88 bits per heavy atom. The number of amides is 1. The minimum atomic E-state index is -0.693. The van der Waals surface area contributed by atoms with Gasteiger partial charge in [-0.3, -0.25) is 14.2 Å². The van der Waals surface area contributed by atoms with Crippen LogP contribution in [0.4, 0.5) is 4.39 Å². The number of aromatic hydroxyl groups is 1. The van der Waals surface area contributed by atoms with Crippen LogP contribution in [0.15, 0.2) is 29.3 Å². The predicted molar refractivity (Wildman–Crippen MR) is 122 cm³/mol. The molecule has 0 unspecified atom stereocenters. The molecule has 2 aliphatic rings. The zero-order valence-corrected chi connectivity index (χ0v) is 19.3. The highest BCUT2D eigenvalue weighted by molar-refractivity contribution is 8.00. The fraction of sp³-hybridized carbons (Fsp3) is 0.409. The molecule has 4 heterocycles. The van der Waals surface area contributed by atoms with Gasteiger partial charge in [0.15, 0.2) is 5.69 Å². The number of rotatable bonds is 4. The quantitative estimate of drug-likeness (QED) is 0.571. The summed E-state index contributed by atoms with van der Waals surface area (Å²) in [5.41, 5.74) is 0.0665. The van der Waals surface area contributed by atoms with Gasteiger partial charge in [0.25, 0.3) is 11.5 Å². The first-order valence-electron chi connectivity index (χ1n) is 10.9. The number of ether oxygens (including phenoxy) is 1. The molecule has 0 atom stereocenters. The Hall–Kier alpha value is -3.25. The highest BCUT2D eigenvalue weighted by Crippen LogP contribution is 2.46. The Bertz CT molecular complexity index is 1320. The summed E-state index contributed by atoms with van der Waals surface area (Å²) in [5.74, 6) is -0.0566. The first-order valence-corrected chi connectivity index (χ1v) is 11.9. The number of benzene rings is 1. The van der Waals surface area contributed by atoms with Gasteiger partial charge in [-0.05, 0) is 37.5 Å². The maximum absolute atomic E-state index is 13.9. The number of carbonyl (C=O) groups excluding carboxylic acids is 1. The molecule has 1 fully saturated rings. The van der Waals surface area contributed by atoms with Crippen LogP contribution in [0, 0.1) is 12.7 Å². The number of aromatic nitrogens is 5. The third kappa shape index (κ3) is 3.86. The van der Waals surface area contributed by atoms with Crippen molar-refractivity contribution in [3.05, 3.63) is 63.6 Å². The van der Waals surface area contributed by atoms with Crippen LogP contribution in [0.1, 0.15) is 40.5 Å². The maximum Gasteiger partial charge on any atom is 0.296 e. The van der Waals surface area contributed by atoms with Crippen LogP contribution in [0.2, 0.25) is 0 Å². The molecule has 3 aromatic rings. The van der Waals surface area contributed by atoms with Crippen molar-refractivity contribution >= 4 is 17.7 Å². The zero-order chi connectivity index (χ0) is 23.9. The van der Waals surface area contributed by atoms with E-state index >= 15 is 0 Å². The predicted octanol–water partition coefficient (Wildman–Crippen LogP) is 1.66. The number of hydrogen-bond acceptors (Lipinski definition) is 8. The van der Waals surface area contributed by atoms with E-state index in [9.17, 15) is 19.1 Å². The monoisotopic (exact) mass is 486 g/mol. The molecule has 0 radical (unpaired) electrons. The Morgan fingerprint density at radius 2 is 2.15 bits per heavy atom. The van der Waals surface area contributed by atoms with Gasteiger partial charge in [-0.2, -0.15) is 5.10 Å². The van der Waals surface area contributed by atoms with Gasteiger partial charge < -0.3 is 15.2 Å². The van der Waals surface area contributed by atoms with Crippen molar-refractivity contribution in [1.82, 2.24) is 29.6 Å². The second-order valence-corrected chi connectivity index (χ2v) is 9.70. The van der Waals surface area contributed by atoms with Gasteiger partial charge >= 0.3 is 0 Å². The molecule has 2 aromatic heterocycles. The molecular weight excluding hydrogens is 463 g/mol. The number of nitrogens with one attached hydrogen (secondary N) is 1. The lowest BCUT2D eigenvalue weighted by molar-refractivity contribution is 0.0724. The summed E-state index contributed by atoms with van der Waals surface area (Å²) in [6.07, 6.45) is 2.70. The molecule has 1 saturated heterocycles. The molecule has 1 aromatic carbocycles. The number of thioether (sulfide) groups is 1. The fourth-order valence-corrected chi connectivity index (χ4v) is 5.81. The van der Waals surface area contributed by atoms with E-state index in [0.717, 1.165) is 0 Å². The Labute approximate surface area is 198 Å². The molecule has 2 N–H and O–H groups in total. The molecule has 1 amide bonds. The van der Waals surface area contributed by atoms with Gasteiger partial charge in [-0.15, -0.1) is 11.8 Å². The lowest BCUT2D eigenvalue weighted by Crippen LogP contribution is -2.43.